The van der Waals surface area contributed by atoms with E-state index in [0.717, 1.165) is 26.7 Å². The summed E-state index contributed by atoms with van der Waals surface area (Å²) in [7, 11) is 1.80. The van der Waals surface area contributed by atoms with Crippen molar-refractivity contribution < 1.29 is 9.90 Å². The predicted molar refractivity (Wildman–Crippen MR) is 117 cm³/mol. The molecule has 30 heavy (non-hydrogen) atoms. The molecule has 0 aliphatic heterocycles. The van der Waals surface area contributed by atoms with Gasteiger partial charge in [0.1, 0.15) is 4.83 Å². The van der Waals surface area contributed by atoms with Gasteiger partial charge in [0.15, 0.2) is 0 Å². The van der Waals surface area contributed by atoms with Crippen LogP contribution in [0.15, 0.2) is 37.1 Å². The van der Waals surface area contributed by atoms with Gasteiger partial charge < -0.3 is 15.7 Å². The molecule has 0 saturated heterocycles. The Morgan fingerprint density at radius 3 is 2.77 bits per heavy atom. The Hall–Kier alpha value is -3.24. The molecule has 0 aliphatic carbocycles. The molecular weight excluding hydrogens is 402 g/mol. The lowest BCUT2D eigenvalue weighted by molar-refractivity contribution is 0.102. The highest BCUT2D eigenvalue weighted by molar-refractivity contribution is 7.21. The van der Waals surface area contributed by atoms with Gasteiger partial charge in [-0.05, 0) is 26.8 Å². The molecule has 10 heteroatoms. The lowest BCUT2D eigenvalue weighted by Crippen LogP contribution is -2.30. The van der Waals surface area contributed by atoms with Gasteiger partial charge in [0.05, 0.1) is 58.2 Å². The van der Waals surface area contributed by atoms with Crippen LogP contribution in [-0.2, 0) is 5.54 Å². The summed E-state index contributed by atoms with van der Waals surface area (Å²) in [5, 5.41) is 24.2. The topological polar surface area (TPSA) is 109 Å². The van der Waals surface area contributed by atoms with Gasteiger partial charge in [-0.25, -0.2) is 4.52 Å². The number of carbonyl (C=O) groups excluding carboxylic acids is 1. The number of nitrogens with zero attached hydrogens (tertiary/aromatic N) is 5. The van der Waals surface area contributed by atoms with Gasteiger partial charge in [-0.2, -0.15) is 10.2 Å². The zero-order valence-corrected chi connectivity index (χ0v) is 18.0. The number of fused-ring (bicyclic) bond motifs is 1. The molecule has 4 heterocycles. The Balaban J connectivity index is 1.63. The van der Waals surface area contributed by atoms with E-state index in [1.807, 2.05) is 39.2 Å². The minimum Gasteiger partial charge on any atom is -0.394 e. The zero-order valence-electron chi connectivity index (χ0n) is 17.2. The van der Waals surface area contributed by atoms with Crippen LogP contribution >= 0.6 is 11.3 Å². The number of aryl methyl sites for hydroxylation is 1. The summed E-state index contributed by atoms with van der Waals surface area (Å²) in [4.78, 5) is 18.9. The Morgan fingerprint density at radius 2 is 2.03 bits per heavy atom. The van der Waals surface area contributed by atoms with Gasteiger partial charge in [0.2, 0.25) is 0 Å². The van der Waals surface area contributed by atoms with Gasteiger partial charge in [-0.1, -0.05) is 0 Å². The summed E-state index contributed by atoms with van der Waals surface area (Å²) < 4.78 is 3.43. The average molecular weight is 426 g/mol. The number of carbonyl (C=O) groups is 1. The van der Waals surface area contributed by atoms with Gasteiger partial charge in [-0.15, -0.1) is 11.3 Å². The minimum atomic E-state index is -0.492. The van der Waals surface area contributed by atoms with E-state index in [1.165, 1.54) is 11.3 Å². The molecule has 3 N–H and O–H groups in total. The first-order valence-corrected chi connectivity index (χ1v) is 10.2. The van der Waals surface area contributed by atoms with Crippen LogP contribution in [-0.4, -0.2) is 49.0 Å². The second-order valence-corrected chi connectivity index (χ2v) is 8.64. The van der Waals surface area contributed by atoms with Crippen molar-refractivity contribution in [2.75, 3.05) is 24.3 Å². The van der Waals surface area contributed by atoms with E-state index in [-0.39, 0.29) is 12.5 Å². The van der Waals surface area contributed by atoms with Crippen molar-refractivity contribution in [3.05, 3.63) is 48.3 Å². The van der Waals surface area contributed by atoms with Crippen LogP contribution in [0.25, 0.3) is 15.3 Å². The van der Waals surface area contributed by atoms with E-state index in [2.05, 4.69) is 25.8 Å². The molecule has 0 bridgehead atoms. The van der Waals surface area contributed by atoms with Crippen LogP contribution in [0.5, 0.6) is 0 Å². The number of aliphatic hydroxyl groups excluding tert-OH is 1. The van der Waals surface area contributed by atoms with Gasteiger partial charge in [-0.3, -0.25) is 14.5 Å². The summed E-state index contributed by atoms with van der Waals surface area (Å²) in [6, 6.07) is 1.85. The molecule has 156 valence electrons. The number of pyridine rings is 1. The maximum atomic E-state index is 12.9. The second kappa shape index (κ2) is 7.54. The fraction of sp³-hybridized carbons (Fsp3) is 0.300. The molecule has 4 aromatic rings. The number of nitrogens with one attached hydrogen (secondary N) is 2. The van der Waals surface area contributed by atoms with Crippen molar-refractivity contribution in [3.8, 4) is 10.4 Å². The van der Waals surface area contributed by atoms with Crippen molar-refractivity contribution in [1.82, 2.24) is 24.4 Å². The standard InChI is InChI=1S/C20H23N7O2S/c1-12-16(5-14(21-4)7-22-12)25-18(29)15-8-23-26-10-17(30-19(15)26)13-6-24-27(9-13)20(2,3)11-28/h5-10,21,28H,11H2,1-4H3,(H,25,29). The zero-order chi connectivity index (χ0) is 21.5. The molecule has 1 amide bonds. The van der Waals surface area contributed by atoms with Crippen LogP contribution in [0.1, 0.15) is 29.9 Å². The first kappa shape index (κ1) is 20.0. The Labute approximate surface area is 177 Å². The van der Waals surface area contributed by atoms with Crippen molar-refractivity contribution in [2.24, 2.45) is 0 Å². The number of aromatic nitrogens is 5. The average Bonchev–Trinajstić information content (AvgIpc) is 3.44. The highest BCUT2D eigenvalue weighted by atomic mass is 32.1. The van der Waals surface area contributed by atoms with Crippen molar-refractivity contribution in [2.45, 2.75) is 26.3 Å². The number of thiazole rings is 1. The van der Waals surface area contributed by atoms with Crippen LogP contribution in [0.3, 0.4) is 0 Å². The highest BCUT2D eigenvalue weighted by Gasteiger charge is 2.22. The normalized spacial score (nSPS) is 11.8. The maximum Gasteiger partial charge on any atom is 0.260 e. The number of aliphatic hydroxyl groups is 1. The summed E-state index contributed by atoms with van der Waals surface area (Å²) in [6.45, 7) is 5.65. The smallest absolute Gasteiger partial charge is 0.260 e. The number of rotatable bonds is 6. The number of anilines is 2. The van der Waals surface area contributed by atoms with Crippen LogP contribution in [0.4, 0.5) is 11.4 Å². The molecule has 0 unspecified atom stereocenters. The third-order valence-corrected chi connectivity index (χ3v) is 6.10. The number of hydrogen-bond donors (Lipinski definition) is 3. The summed E-state index contributed by atoms with van der Waals surface area (Å²) in [6.07, 6.45) is 8.79. The fourth-order valence-electron chi connectivity index (χ4n) is 2.92. The van der Waals surface area contributed by atoms with E-state index in [0.29, 0.717) is 11.3 Å². The Morgan fingerprint density at radius 1 is 1.23 bits per heavy atom. The molecule has 9 nitrogen and oxygen atoms in total. The van der Waals surface area contributed by atoms with Gasteiger partial charge in [0, 0.05) is 25.0 Å². The van der Waals surface area contributed by atoms with E-state index in [4.69, 9.17) is 0 Å². The predicted octanol–water partition coefficient (Wildman–Crippen LogP) is 2.98. The maximum absolute atomic E-state index is 12.9. The van der Waals surface area contributed by atoms with Gasteiger partial charge in [0.25, 0.3) is 5.91 Å². The Bertz CT molecular complexity index is 1220. The van der Waals surface area contributed by atoms with Crippen LogP contribution in [0.2, 0.25) is 0 Å². The fourth-order valence-corrected chi connectivity index (χ4v) is 3.95. The molecule has 0 aromatic carbocycles. The SMILES string of the molecule is CNc1cnc(C)c(NC(=O)c2cnn3cc(-c4cnn(C(C)(C)CO)c4)sc23)c1. The molecule has 4 rings (SSSR count). The first-order chi connectivity index (χ1) is 14.3. The molecule has 0 atom stereocenters. The quantitative estimate of drug-likeness (QED) is 0.438. The molecular formula is C20H23N7O2S. The molecule has 0 saturated carbocycles. The molecule has 0 aliphatic rings. The second-order valence-electron chi connectivity index (χ2n) is 7.61. The number of hydrogen-bond acceptors (Lipinski definition) is 7. The molecule has 4 aromatic heterocycles. The van der Waals surface area contributed by atoms with Gasteiger partial charge >= 0.3 is 0 Å². The summed E-state index contributed by atoms with van der Waals surface area (Å²) in [5.74, 6) is -0.242. The molecule has 0 radical (unpaired) electrons. The third kappa shape index (κ3) is 3.55. The van der Waals surface area contributed by atoms with E-state index >= 15 is 0 Å². The van der Waals surface area contributed by atoms with E-state index < -0.39 is 5.54 Å². The van der Waals surface area contributed by atoms with Crippen molar-refractivity contribution in [1.29, 1.82) is 0 Å². The molecule has 0 fully saturated rings. The van der Waals surface area contributed by atoms with E-state index in [9.17, 15) is 9.90 Å². The van der Waals surface area contributed by atoms with Crippen LogP contribution < -0.4 is 10.6 Å². The monoisotopic (exact) mass is 425 g/mol. The third-order valence-electron chi connectivity index (χ3n) is 4.94. The van der Waals surface area contributed by atoms with E-state index in [1.54, 1.807) is 34.8 Å². The number of amides is 1. The van der Waals surface area contributed by atoms with Crippen molar-refractivity contribution >= 4 is 33.4 Å². The highest BCUT2D eigenvalue weighted by Crippen LogP contribution is 2.31. The molecule has 0 spiro atoms. The minimum absolute atomic E-state index is 0.0186. The van der Waals surface area contributed by atoms with Crippen molar-refractivity contribution in [3.63, 3.8) is 0 Å². The lowest BCUT2D eigenvalue weighted by Gasteiger charge is -2.21. The summed E-state index contributed by atoms with van der Waals surface area (Å²) >= 11 is 1.46. The first-order valence-electron chi connectivity index (χ1n) is 9.41. The largest absolute Gasteiger partial charge is 0.394 e. The lowest BCUT2D eigenvalue weighted by atomic mass is 10.1. The Kier molecular flexibility index (Phi) is 5.04. The van der Waals surface area contributed by atoms with Crippen LogP contribution in [0, 0.1) is 6.92 Å². The summed E-state index contributed by atoms with van der Waals surface area (Å²) in [5.41, 5.74) is 3.10.